The predicted octanol–water partition coefficient (Wildman–Crippen LogP) is 2.38. The van der Waals surface area contributed by atoms with Gasteiger partial charge in [-0.25, -0.2) is 4.79 Å². The molecule has 1 aromatic rings. The normalized spacial score (nSPS) is 21.4. The number of halogens is 1. The standard InChI is InChI=1S/C13H16ClNO4S2/c14-11-4-2-9(21-11)6-20-7-12(16)15-5-8-1-3-10(19-8)13(17)18/h2,4,8,10H,1,3,5-7H2,(H,15,16)(H,17,18). The number of aliphatic carboxylic acids is 1. The van der Waals surface area contributed by atoms with Crippen molar-refractivity contribution < 1.29 is 19.4 Å². The molecule has 1 fully saturated rings. The molecule has 0 aliphatic carbocycles. The molecular formula is C13H16ClNO4S2. The van der Waals surface area contributed by atoms with Crippen LogP contribution < -0.4 is 5.32 Å². The Morgan fingerprint density at radius 2 is 2.29 bits per heavy atom. The van der Waals surface area contributed by atoms with Gasteiger partial charge in [-0.2, -0.15) is 0 Å². The number of thiophene rings is 1. The van der Waals surface area contributed by atoms with Crippen LogP contribution in [0.1, 0.15) is 17.7 Å². The Morgan fingerprint density at radius 3 is 2.90 bits per heavy atom. The van der Waals surface area contributed by atoms with Gasteiger partial charge < -0.3 is 15.2 Å². The quantitative estimate of drug-likeness (QED) is 0.790. The largest absolute Gasteiger partial charge is 0.479 e. The fourth-order valence-electron chi connectivity index (χ4n) is 1.99. The van der Waals surface area contributed by atoms with E-state index in [1.807, 2.05) is 12.1 Å². The molecule has 1 aromatic heterocycles. The van der Waals surface area contributed by atoms with Crippen LogP contribution in [-0.4, -0.2) is 41.5 Å². The van der Waals surface area contributed by atoms with E-state index in [-0.39, 0.29) is 12.0 Å². The third kappa shape index (κ3) is 5.50. The van der Waals surface area contributed by atoms with Crippen LogP contribution in [0.3, 0.4) is 0 Å². The minimum absolute atomic E-state index is 0.0648. The van der Waals surface area contributed by atoms with Gasteiger partial charge in [-0.1, -0.05) is 11.6 Å². The van der Waals surface area contributed by atoms with E-state index in [1.165, 1.54) is 23.1 Å². The average Bonchev–Trinajstić information content (AvgIpc) is 3.05. The number of carbonyl (C=O) groups is 2. The second-order valence-corrected chi connectivity index (χ2v) is 7.45. The molecule has 1 saturated heterocycles. The first-order chi connectivity index (χ1) is 10.0. The zero-order valence-electron chi connectivity index (χ0n) is 11.2. The van der Waals surface area contributed by atoms with Crippen LogP contribution in [0, 0.1) is 0 Å². The minimum atomic E-state index is -0.936. The molecule has 1 aliphatic rings. The molecule has 116 valence electrons. The van der Waals surface area contributed by atoms with Crippen LogP contribution in [0.2, 0.25) is 4.34 Å². The molecule has 0 radical (unpaired) electrons. The van der Waals surface area contributed by atoms with Crippen molar-refractivity contribution in [1.29, 1.82) is 0 Å². The average molecular weight is 350 g/mol. The SMILES string of the molecule is O=C(CSCc1ccc(Cl)s1)NCC1CCC(C(=O)O)O1. The van der Waals surface area contributed by atoms with Gasteiger partial charge in [0.15, 0.2) is 6.10 Å². The first-order valence-electron chi connectivity index (χ1n) is 6.51. The lowest BCUT2D eigenvalue weighted by Crippen LogP contribution is -2.34. The number of hydrogen-bond acceptors (Lipinski definition) is 5. The summed E-state index contributed by atoms with van der Waals surface area (Å²) in [5.74, 6) is 0.121. The number of carboxylic acid groups (broad SMARTS) is 1. The molecule has 0 saturated carbocycles. The molecule has 0 aromatic carbocycles. The number of carbonyl (C=O) groups excluding carboxylic acids is 1. The van der Waals surface area contributed by atoms with Gasteiger partial charge in [0.2, 0.25) is 5.91 Å². The molecule has 0 bridgehead atoms. The van der Waals surface area contributed by atoms with E-state index < -0.39 is 12.1 Å². The van der Waals surface area contributed by atoms with E-state index in [1.54, 1.807) is 0 Å². The molecular weight excluding hydrogens is 334 g/mol. The third-order valence-electron chi connectivity index (χ3n) is 3.02. The van der Waals surface area contributed by atoms with Crippen molar-refractivity contribution >= 4 is 46.6 Å². The summed E-state index contributed by atoms with van der Waals surface area (Å²) in [6, 6.07) is 3.80. The maximum Gasteiger partial charge on any atom is 0.332 e. The zero-order chi connectivity index (χ0) is 15.2. The van der Waals surface area contributed by atoms with Crippen LogP contribution in [-0.2, 0) is 20.1 Å². The van der Waals surface area contributed by atoms with Gasteiger partial charge in [0.1, 0.15) is 0 Å². The van der Waals surface area contributed by atoms with Crippen molar-refractivity contribution in [3.63, 3.8) is 0 Å². The van der Waals surface area contributed by atoms with Crippen molar-refractivity contribution in [1.82, 2.24) is 5.32 Å². The number of thioether (sulfide) groups is 1. The fourth-order valence-corrected chi connectivity index (χ4v) is 4.05. The summed E-state index contributed by atoms with van der Waals surface area (Å²) in [6.07, 6.45) is 0.239. The van der Waals surface area contributed by atoms with Gasteiger partial charge in [-0.3, -0.25) is 4.79 Å². The Kier molecular flexibility index (Phi) is 6.35. The molecule has 1 amide bonds. The van der Waals surface area contributed by atoms with E-state index in [0.29, 0.717) is 25.1 Å². The van der Waals surface area contributed by atoms with Crippen molar-refractivity contribution in [3.8, 4) is 0 Å². The second-order valence-electron chi connectivity index (χ2n) is 4.67. The molecule has 5 nitrogen and oxygen atoms in total. The van der Waals surface area contributed by atoms with Crippen LogP contribution in [0.4, 0.5) is 0 Å². The van der Waals surface area contributed by atoms with Crippen molar-refractivity contribution in [2.45, 2.75) is 30.8 Å². The molecule has 2 rings (SSSR count). The summed E-state index contributed by atoms with van der Waals surface area (Å²) in [5, 5.41) is 11.6. The van der Waals surface area contributed by atoms with E-state index >= 15 is 0 Å². The first kappa shape index (κ1) is 16.6. The van der Waals surface area contributed by atoms with E-state index in [9.17, 15) is 9.59 Å². The molecule has 21 heavy (non-hydrogen) atoms. The van der Waals surface area contributed by atoms with E-state index in [2.05, 4.69) is 5.32 Å². The van der Waals surface area contributed by atoms with Crippen LogP contribution in [0.15, 0.2) is 12.1 Å². The zero-order valence-corrected chi connectivity index (χ0v) is 13.6. The van der Waals surface area contributed by atoms with Gasteiger partial charge in [-0.15, -0.1) is 23.1 Å². The summed E-state index contributed by atoms with van der Waals surface area (Å²) < 4.78 is 6.07. The Balaban J connectivity index is 1.59. The topological polar surface area (TPSA) is 75.6 Å². The number of ether oxygens (including phenoxy) is 1. The highest BCUT2D eigenvalue weighted by atomic mass is 35.5. The first-order valence-corrected chi connectivity index (χ1v) is 8.86. The predicted molar refractivity (Wildman–Crippen MR) is 84.0 cm³/mol. The summed E-state index contributed by atoms with van der Waals surface area (Å²) >= 11 is 8.87. The Bertz CT molecular complexity index is 508. The Morgan fingerprint density at radius 1 is 1.48 bits per heavy atom. The summed E-state index contributed by atoms with van der Waals surface area (Å²) in [7, 11) is 0. The smallest absolute Gasteiger partial charge is 0.332 e. The maximum atomic E-state index is 11.7. The number of nitrogens with one attached hydrogen (secondary N) is 1. The highest BCUT2D eigenvalue weighted by Crippen LogP contribution is 2.25. The van der Waals surface area contributed by atoms with Gasteiger partial charge in [0.05, 0.1) is 16.2 Å². The highest BCUT2D eigenvalue weighted by molar-refractivity contribution is 7.99. The lowest BCUT2D eigenvalue weighted by Gasteiger charge is -2.12. The molecule has 2 heterocycles. The molecule has 1 aliphatic heterocycles. The summed E-state index contributed by atoms with van der Waals surface area (Å²) in [6.45, 7) is 0.369. The fraction of sp³-hybridized carbons (Fsp3) is 0.538. The van der Waals surface area contributed by atoms with Crippen LogP contribution in [0.5, 0.6) is 0 Å². The number of carboxylic acids is 1. The van der Waals surface area contributed by atoms with Crippen molar-refractivity contribution in [2.75, 3.05) is 12.3 Å². The lowest BCUT2D eigenvalue weighted by molar-refractivity contribution is -0.149. The molecule has 2 atom stereocenters. The van der Waals surface area contributed by atoms with Crippen LogP contribution >= 0.6 is 34.7 Å². The molecule has 8 heteroatoms. The van der Waals surface area contributed by atoms with Gasteiger partial charge in [0, 0.05) is 17.2 Å². The lowest BCUT2D eigenvalue weighted by atomic mass is 10.2. The summed E-state index contributed by atoms with van der Waals surface area (Å²) in [4.78, 5) is 23.6. The van der Waals surface area contributed by atoms with Crippen LogP contribution in [0.25, 0.3) is 0 Å². The minimum Gasteiger partial charge on any atom is -0.479 e. The summed E-state index contributed by atoms with van der Waals surface area (Å²) in [5.41, 5.74) is 0. The molecule has 0 spiro atoms. The van der Waals surface area contributed by atoms with E-state index in [0.717, 1.165) is 15.0 Å². The Labute approximate surface area is 136 Å². The third-order valence-corrected chi connectivity index (χ3v) is 5.41. The number of hydrogen-bond donors (Lipinski definition) is 2. The monoisotopic (exact) mass is 349 g/mol. The van der Waals surface area contributed by atoms with Gasteiger partial charge in [-0.05, 0) is 25.0 Å². The van der Waals surface area contributed by atoms with Gasteiger partial charge in [0.25, 0.3) is 0 Å². The van der Waals surface area contributed by atoms with Gasteiger partial charge >= 0.3 is 5.97 Å². The maximum absolute atomic E-state index is 11.7. The molecule has 2 N–H and O–H groups in total. The van der Waals surface area contributed by atoms with Crippen molar-refractivity contribution in [2.24, 2.45) is 0 Å². The number of amides is 1. The van der Waals surface area contributed by atoms with Crippen molar-refractivity contribution in [3.05, 3.63) is 21.3 Å². The number of rotatable bonds is 7. The highest BCUT2D eigenvalue weighted by Gasteiger charge is 2.30. The Hall–Kier alpha value is -0.760. The van der Waals surface area contributed by atoms with E-state index in [4.69, 9.17) is 21.4 Å². The second kappa shape index (κ2) is 8.03. The molecule has 2 unspecified atom stereocenters.